The van der Waals surface area contributed by atoms with Gasteiger partial charge in [0.15, 0.2) is 0 Å². The van der Waals surface area contributed by atoms with Crippen molar-refractivity contribution in [1.82, 2.24) is 10.3 Å². The molecule has 0 aliphatic carbocycles. The first-order chi connectivity index (χ1) is 18.3. The molecule has 1 heterocycles. The molecular formula is C25H17ClF10N2O2. The Morgan fingerprint density at radius 3 is 1.93 bits per heavy atom. The molecule has 3 rings (SSSR count). The number of rotatable bonds is 7. The summed E-state index contributed by atoms with van der Waals surface area (Å²) in [6.07, 6.45) is -20.2. The van der Waals surface area contributed by atoms with Crippen LogP contribution in [0.1, 0.15) is 28.8 Å². The van der Waals surface area contributed by atoms with Gasteiger partial charge in [0.05, 0.1) is 22.7 Å². The molecule has 216 valence electrons. The molecule has 1 aromatic heterocycles. The molecule has 0 fully saturated rings. The number of aliphatic hydroxyl groups is 1. The smallest absolute Gasteiger partial charge is 0.373 e. The van der Waals surface area contributed by atoms with Crippen LogP contribution in [0.4, 0.5) is 43.9 Å². The Bertz CT molecular complexity index is 1330. The maximum atomic E-state index is 14.5. The normalized spacial score (nSPS) is 14.5. The average molecular weight is 603 g/mol. The fourth-order valence-corrected chi connectivity index (χ4v) is 4.04. The Morgan fingerprint density at radius 2 is 1.43 bits per heavy atom. The highest BCUT2D eigenvalue weighted by atomic mass is 35.5. The number of amides is 1. The van der Waals surface area contributed by atoms with Crippen LogP contribution in [0.15, 0.2) is 66.9 Å². The predicted octanol–water partition coefficient (Wildman–Crippen LogP) is 6.74. The first kappa shape index (κ1) is 31.1. The van der Waals surface area contributed by atoms with Crippen LogP contribution in [0.5, 0.6) is 0 Å². The zero-order valence-corrected chi connectivity index (χ0v) is 20.5. The van der Waals surface area contributed by atoms with Crippen LogP contribution in [0.2, 0.25) is 5.02 Å². The van der Waals surface area contributed by atoms with Gasteiger partial charge < -0.3 is 10.4 Å². The van der Waals surface area contributed by atoms with Crippen molar-refractivity contribution in [1.29, 1.82) is 0 Å². The van der Waals surface area contributed by atoms with E-state index in [9.17, 15) is 53.8 Å². The fourth-order valence-electron chi connectivity index (χ4n) is 3.93. The zero-order valence-electron chi connectivity index (χ0n) is 19.7. The first-order valence-corrected chi connectivity index (χ1v) is 11.4. The topological polar surface area (TPSA) is 62.2 Å². The summed E-state index contributed by atoms with van der Waals surface area (Å²) < 4.78 is 135. The number of alkyl halides is 9. The van der Waals surface area contributed by atoms with E-state index in [1.807, 2.05) is 5.32 Å². The molecule has 1 amide bonds. The zero-order chi connectivity index (χ0) is 30.1. The van der Waals surface area contributed by atoms with Crippen LogP contribution in [0.3, 0.4) is 0 Å². The maximum Gasteiger partial charge on any atom is 0.426 e. The number of nitrogens with one attached hydrogen (secondary N) is 1. The monoisotopic (exact) mass is 602 g/mol. The van der Waals surface area contributed by atoms with E-state index in [1.165, 1.54) is 30.3 Å². The van der Waals surface area contributed by atoms with Crippen molar-refractivity contribution >= 4 is 17.5 Å². The highest BCUT2D eigenvalue weighted by Gasteiger charge is 2.71. The van der Waals surface area contributed by atoms with Gasteiger partial charge in [-0.1, -0.05) is 41.9 Å². The van der Waals surface area contributed by atoms with Crippen molar-refractivity contribution in [3.63, 3.8) is 0 Å². The van der Waals surface area contributed by atoms with E-state index in [1.54, 1.807) is 0 Å². The second kappa shape index (κ2) is 10.9. The van der Waals surface area contributed by atoms with Gasteiger partial charge in [0.2, 0.25) is 5.91 Å². The number of hydrogen-bond acceptors (Lipinski definition) is 3. The molecule has 4 nitrogen and oxygen atoms in total. The van der Waals surface area contributed by atoms with E-state index >= 15 is 0 Å². The molecule has 15 heteroatoms. The Kier molecular flexibility index (Phi) is 8.47. The van der Waals surface area contributed by atoms with Gasteiger partial charge >= 0.3 is 18.5 Å². The number of nitrogens with zero attached hydrogens (tertiary/aromatic N) is 1. The van der Waals surface area contributed by atoms with Crippen LogP contribution < -0.4 is 5.32 Å². The summed E-state index contributed by atoms with van der Waals surface area (Å²) in [5.74, 6) is -3.56. The van der Waals surface area contributed by atoms with Gasteiger partial charge in [0.1, 0.15) is 11.4 Å². The lowest BCUT2D eigenvalue weighted by molar-refractivity contribution is -0.367. The van der Waals surface area contributed by atoms with E-state index in [0.29, 0.717) is 12.1 Å². The SMILES string of the molecule is O=C(CC(O)(C(F)(F)F)C(F)(F)F)NC(Cc1ccccc1)(c1cc(F)cc(C(F)(F)F)c1)c1ccc(Cl)cn1. The van der Waals surface area contributed by atoms with Gasteiger partial charge in [-0.2, -0.15) is 39.5 Å². The van der Waals surface area contributed by atoms with Gasteiger partial charge in [0, 0.05) is 12.6 Å². The maximum absolute atomic E-state index is 14.5. The molecule has 0 bridgehead atoms. The number of aromatic nitrogens is 1. The molecule has 0 saturated heterocycles. The molecule has 0 spiro atoms. The minimum Gasteiger partial charge on any atom is -0.373 e. The summed E-state index contributed by atoms with van der Waals surface area (Å²) in [7, 11) is 0. The summed E-state index contributed by atoms with van der Waals surface area (Å²) in [5.41, 5.74) is -10.5. The lowest BCUT2D eigenvalue weighted by Crippen LogP contribution is -2.60. The number of benzene rings is 2. The summed E-state index contributed by atoms with van der Waals surface area (Å²) in [4.78, 5) is 16.8. The summed E-state index contributed by atoms with van der Waals surface area (Å²) >= 11 is 5.83. The molecule has 1 atom stereocenters. The largest absolute Gasteiger partial charge is 0.426 e. The number of pyridine rings is 1. The Labute approximate surface area is 224 Å². The quantitative estimate of drug-likeness (QED) is 0.295. The summed E-state index contributed by atoms with van der Waals surface area (Å²) in [5, 5.41) is 11.4. The second-order valence-electron chi connectivity index (χ2n) is 8.74. The molecule has 0 saturated carbocycles. The minimum absolute atomic E-state index is 0.0255. The molecule has 40 heavy (non-hydrogen) atoms. The fraction of sp³-hybridized carbons (Fsp3) is 0.280. The third-order valence-corrected chi connectivity index (χ3v) is 6.13. The Morgan fingerprint density at radius 1 is 0.850 bits per heavy atom. The van der Waals surface area contributed by atoms with E-state index in [2.05, 4.69) is 4.98 Å². The van der Waals surface area contributed by atoms with Crippen molar-refractivity contribution in [3.8, 4) is 0 Å². The standard InChI is InChI=1S/C25H17ClF10N2O2/c26-17-6-7-19(37-13-17)21(11-14-4-2-1-3-5-14,15-8-16(23(28,29)30)10-18(27)9-15)38-20(39)12-22(40,24(31,32)33)25(34,35)36/h1-10,13,40H,11-12H2,(H,38,39). The number of carbonyl (C=O) groups is 1. The Balaban J connectivity index is 2.30. The van der Waals surface area contributed by atoms with Crippen LogP contribution in [-0.4, -0.2) is 34.0 Å². The molecular weight excluding hydrogens is 586 g/mol. The molecule has 0 aliphatic heterocycles. The van der Waals surface area contributed by atoms with Gasteiger partial charge in [-0.15, -0.1) is 0 Å². The van der Waals surface area contributed by atoms with E-state index in [0.717, 1.165) is 18.3 Å². The molecule has 2 N–H and O–H groups in total. The van der Waals surface area contributed by atoms with Gasteiger partial charge in [-0.3, -0.25) is 9.78 Å². The van der Waals surface area contributed by atoms with E-state index < -0.39 is 71.1 Å². The van der Waals surface area contributed by atoms with Crippen molar-refractivity contribution < 1.29 is 53.8 Å². The van der Waals surface area contributed by atoms with E-state index in [-0.39, 0.29) is 16.7 Å². The summed E-state index contributed by atoms with van der Waals surface area (Å²) in [6, 6.07) is 10.4. The highest BCUT2D eigenvalue weighted by molar-refractivity contribution is 6.30. The third-order valence-electron chi connectivity index (χ3n) is 5.90. The number of halogens is 11. The van der Waals surface area contributed by atoms with Crippen molar-refractivity contribution in [2.24, 2.45) is 0 Å². The lowest BCUT2D eigenvalue weighted by atomic mass is 9.79. The van der Waals surface area contributed by atoms with Crippen molar-refractivity contribution in [2.45, 2.75) is 42.5 Å². The van der Waals surface area contributed by atoms with Gasteiger partial charge in [0.25, 0.3) is 5.60 Å². The van der Waals surface area contributed by atoms with Crippen LogP contribution in [-0.2, 0) is 22.9 Å². The summed E-state index contributed by atoms with van der Waals surface area (Å²) in [6.45, 7) is 0. The predicted molar refractivity (Wildman–Crippen MR) is 121 cm³/mol. The Hall–Kier alpha value is -3.39. The lowest BCUT2D eigenvalue weighted by Gasteiger charge is -2.38. The number of carbonyl (C=O) groups excluding carboxylic acids is 1. The molecule has 3 aromatic rings. The number of hydrogen-bond donors (Lipinski definition) is 2. The first-order valence-electron chi connectivity index (χ1n) is 11.0. The van der Waals surface area contributed by atoms with Gasteiger partial charge in [-0.05, 0) is 41.5 Å². The highest BCUT2D eigenvalue weighted by Crippen LogP contribution is 2.46. The molecule has 1 unspecified atom stereocenters. The second-order valence-corrected chi connectivity index (χ2v) is 9.17. The van der Waals surface area contributed by atoms with Gasteiger partial charge in [-0.25, -0.2) is 4.39 Å². The average Bonchev–Trinajstić information content (AvgIpc) is 2.82. The van der Waals surface area contributed by atoms with Crippen molar-refractivity contribution in [2.75, 3.05) is 0 Å². The van der Waals surface area contributed by atoms with Crippen LogP contribution in [0, 0.1) is 5.82 Å². The minimum atomic E-state index is -6.37. The molecule has 0 radical (unpaired) electrons. The van der Waals surface area contributed by atoms with Crippen molar-refractivity contribution in [3.05, 3.63) is 100 Å². The molecule has 0 aliphatic rings. The van der Waals surface area contributed by atoms with Crippen LogP contribution >= 0.6 is 11.6 Å². The van der Waals surface area contributed by atoms with E-state index in [4.69, 9.17) is 11.6 Å². The third kappa shape index (κ3) is 6.49. The molecule has 2 aromatic carbocycles. The van der Waals surface area contributed by atoms with Crippen LogP contribution in [0.25, 0.3) is 0 Å².